The molecule has 0 aliphatic heterocycles. The third-order valence-electron chi connectivity index (χ3n) is 4.09. The van der Waals surface area contributed by atoms with Gasteiger partial charge in [0.15, 0.2) is 6.61 Å². The normalized spacial score (nSPS) is 12.7. The number of ether oxygens (including phenoxy) is 1. The van der Waals surface area contributed by atoms with Crippen molar-refractivity contribution < 1.29 is 27.8 Å². The summed E-state index contributed by atoms with van der Waals surface area (Å²) < 4.78 is 43.3. The molecule has 11 heteroatoms. The van der Waals surface area contributed by atoms with Crippen LogP contribution in [-0.4, -0.2) is 56.2 Å². The van der Waals surface area contributed by atoms with Gasteiger partial charge in [-0.1, -0.05) is 0 Å². The molecule has 3 aromatic heterocycles. The minimum absolute atomic E-state index is 0.0583. The van der Waals surface area contributed by atoms with E-state index in [2.05, 4.69) is 20.4 Å². The van der Waals surface area contributed by atoms with Crippen molar-refractivity contribution in [3.8, 4) is 5.75 Å². The van der Waals surface area contributed by atoms with Crippen LogP contribution in [0.1, 0.15) is 28.7 Å². The van der Waals surface area contributed by atoms with Crippen molar-refractivity contribution in [3.05, 3.63) is 47.7 Å². The number of amides is 1. The van der Waals surface area contributed by atoms with E-state index in [4.69, 9.17) is 4.74 Å². The smallest absolute Gasteiger partial charge is 0.422 e. The molecule has 0 radical (unpaired) electrons. The largest absolute Gasteiger partial charge is 0.482 e. The van der Waals surface area contributed by atoms with Gasteiger partial charge >= 0.3 is 6.18 Å². The lowest BCUT2D eigenvalue weighted by atomic mass is 10.2. The first-order valence-electron chi connectivity index (χ1n) is 9.06. The van der Waals surface area contributed by atoms with Crippen LogP contribution in [-0.2, 0) is 6.54 Å². The van der Waals surface area contributed by atoms with Crippen LogP contribution in [0.25, 0.3) is 10.9 Å². The second-order valence-corrected chi connectivity index (χ2v) is 6.82. The Labute approximate surface area is 169 Å². The number of aliphatic hydroxyl groups excluding tert-OH is 1. The van der Waals surface area contributed by atoms with Crippen LogP contribution in [0, 0.1) is 6.92 Å². The van der Waals surface area contributed by atoms with Gasteiger partial charge in [-0.3, -0.25) is 19.4 Å². The summed E-state index contributed by atoms with van der Waals surface area (Å²) in [5, 5.41) is 16.8. The summed E-state index contributed by atoms with van der Waals surface area (Å²) in [5.74, 6) is -0.371. The van der Waals surface area contributed by atoms with Gasteiger partial charge in [-0.2, -0.15) is 18.3 Å². The molecule has 0 fully saturated rings. The van der Waals surface area contributed by atoms with E-state index in [1.165, 1.54) is 12.4 Å². The fraction of sp³-hybridized carbons (Fsp3) is 0.368. The molecule has 0 aliphatic carbocycles. The predicted molar refractivity (Wildman–Crippen MR) is 101 cm³/mol. The molecule has 3 aromatic rings. The Balaban J connectivity index is 1.77. The number of rotatable bonds is 7. The SMILES string of the molecule is Cc1cc(Cn2cc3c(C(=O)NC[C@@H](C)O)nccc3n2)ncc1OCC(F)(F)F. The number of aromatic nitrogens is 4. The first kappa shape index (κ1) is 21.5. The molecule has 1 atom stereocenters. The summed E-state index contributed by atoms with van der Waals surface area (Å²) in [6.07, 6.45) is -0.756. The molecule has 0 unspecified atom stereocenters. The van der Waals surface area contributed by atoms with Crippen LogP contribution in [0.4, 0.5) is 13.2 Å². The average molecular weight is 423 g/mol. The molecule has 30 heavy (non-hydrogen) atoms. The number of aliphatic hydroxyl groups is 1. The van der Waals surface area contributed by atoms with E-state index in [9.17, 15) is 23.1 Å². The van der Waals surface area contributed by atoms with Crippen LogP contribution in [0.15, 0.2) is 30.7 Å². The number of fused-ring (bicyclic) bond motifs is 1. The maximum Gasteiger partial charge on any atom is 0.422 e. The van der Waals surface area contributed by atoms with Crippen molar-refractivity contribution in [1.29, 1.82) is 0 Å². The number of carbonyl (C=O) groups excluding carboxylic acids is 1. The van der Waals surface area contributed by atoms with E-state index in [1.54, 1.807) is 36.9 Å². The lowest BCUT2D eigenvalue weighted by Crippen LogP contribution is -2.31. The maximum absolute atomic E-state index is 12.3. The lowest BCUT2D eigenvalue weighted by molar-refractivity contribution is -0.153. The van der Waals surface area contributed by atoms with E-state index in [0.29, 0.717) is 22.2 Å². The fourth-order valence-electron chi connectivity index (χ4n) is 2.74. The van der Waals surface area contributed by atoms with Crippen molar-refractivity contribution >= 4 is 16.8 Å². The number of nitrogens with one attached hydrogen (secondary N) is 1. The van der Waals surface area contributed by atoms with Gasteiger partial charge in [-0.05, 0) is 31.5 Å². The Morgan fingerprint density at radius 1 is 1.37 bits per heavy atom. The zero-order valence-corrected chi connectivity index (χ0v) is 16.3. The highest BCUT2D eigenvalue weighted by molar-refractivity contribution is 6.04. The Kier molecular flexibility index (Phi) is 6.20. The van der Waals surface area contributed by atoms with Gasteiger partial charge < -0.3 is 15.2 Å². The summed E-state index contributed by atoms with van der Waals surface area (Å²) in [6.45, 7) is 2.14. The number of carbonyl (C=O) groups is 1. The van der Waals surface area contributed by atoms with Crippen LogP contribution in [0.5, 0.6) is 5.75 Å². The molecule has 0 aromatic carbocycles. The number of hydrogen-bond acceptors (Lipinski definition) is 6. The van der Waals surface area contributed by atoms with Crippen LogP contribution >= 0.6 is 0 Å². The number of pyridine rings is 2. The molecule has 0 saturated heterocycles. The topological polar surface area (TPSA) is 102 Å². The third-order valence-corrected chi connectivity index (χ3v) is 4.09. The second-order valence-electron chi connectivity index (χ2n) is 6.82. The number of halogens is 3. The highest BCUT2D eigenvalue weighted by Gasteiger charge is 2.28. The number of aryl methyl sites for hydroxylation is 1. The summed E-state index contributed by atoms with van der Waals surface area (Å²) in [6, 6.07) is 3.27. The van der Waals surface area contributed by atoms with Gasteiger partial charge in [-0.15, -0.1) is 0 Å². The number of hydrogen-bond donors (Lipinski definition) is 2. The standard InChI is InChI=1S/C19H20F3N5O3/c1-11-5-13(24-7-16(11)30-10-19(20,21)22)8-27-9-14-15(26-27)3-4-23-17(14)18(29)25-6-12(2)28/h3-5,7,9,12,28H,6,8,10H2,1-2H3,(H,25,29)/t12-/m1/s1. The first-order valence-corrected chi connectivity index (χ1v) is 9.06. The molecule has 3 rings (SSSR count). The zero-order valence-electron chi connectivity index (χ0n) is 16.3. The van der Waals surface area contributed by atoms with Gasteiger partial charge in [0.05, 0.1) is 35.4 Å². The van der Waals surface area contributed by atoms with Gasteiger partial charge in [0.2, 0.25) is 0 Å². The summed E-state index contributed by atoms with van der Waals surface area (Å²) in [4.78, 5) is 20.6. The molecule has 0 spiro atoms. The monoisotopic (exact) mass is 423 g/mol. The fourth-order valence-corrected chi connectivity index (χ4v) is 2.74. The molecule has 8 nitrogen and oxygen atoms in total. The molecule has 3 heterocycles. The predicted octanol–water partition coefficient (Wildman–Crippen LogP) is 2.23. The molecule has 0 saturated carbocycles. The Hall–Kier alpha value is -3.21. The summed E-state index contributed by atoms with van der Waals surface area (Å²) >= 11 is 0. The molecule has 2 N–H and O–H groups in total. The second kappa shape index (κ2) is 8.66. The molecule has 1 amide bonds. The van der Waals surface area contributed by atoms with Crippen molar-refractivity contribution in [2.24, 2.45) is 0 Å². The summed E-state index contributed by atoms with van der Waals surface area (Å²) in [5.41, 5.74) is 1.81. The quantitative estimate of drug-likeness (QED) is 0.604. The molecule has 0 aliphatic rings. The maximum atomic E-state index is 12.3. The molecule has 160 valence electrons. The highest BCUT2D eigenvalue weighted by Crippen LogP contribution is 2.22. The van der Waals surface area contributed by atoms with E-state index in [-0.39, 0.29) is 24.5 Å². The number of alkyl halides is 3. The van der Waals surface area contributed by atoms with Crippen LogP contribution < -0.4 is 10.1 Å². The van der Waals surface area contributed by atoms with Gasteiger partial charge in [0.25, 0.3) is 5.91 Å². The van der Waals surface area contributed by atoms with Gasteiger partial charge in [-0.25, -0.2) is 0 Å². The molecule has 0 bridgehead atoms. The number of nitrogens with zero attached hydrogens (tertiary/aromatic N) is 4. The molecular formula is C19H20F3N5O3. The van der Waals surface area contributed by atoms with E-state index < -0.39 is 24.8 Å². The lowest BCUT2D eigenvalue weighted by Gasteiger charge is -2.11. The Morgan fingerprint density at radius 3 is 2.80 bits per heavy atom. The van der Waals surface area contributed by atoms with Crippen LogP contribution in [0.3, 0.4) is 0 Å². The van der Waals surface area contributed by atoms with Crippen LogP contribution in [0.2, 0.25) is 0 Å². The van der Waals surface area contributed by atoms with Crippen molar-refractivity contribution in [2.75, 3.05) is 13.2 Å². The average Bonchev–Trinajstić information content (AvgIpc) is 3.07. The summed E-state index contributed by atoms with van der Waals surface area (Å²) in [7, 11) is 0. The van der Waals surface area contributed by atoms with E-state index >= 15 is 0 Å². The first-order chi connectivity index (χ1) is 14.1. The van der Waals surface area contributed by atoms with Gasteiger partial charge in [0, 0.05) is 18.9 Å². The third kappa shape index (κ3) is 5.44. The minimum atomic E-state index is -4.42. The van der Waals surface area contributed by atoms with Crippen molar-refractivity contribution in [1.82, 2.24) is 25.1 Å². The minimum Gasteiger partial charge on any atom is -0.482 e. The highest BCUT2D eigenvalue weighted by atomic mass is 19.4. The van der Waals surface area contributed by atoms with Crippen molar-refractivity contribution in [2.45, 2.75) is 32.7 Å². The van der Waals surface area contributed by atoms with Gasteiger partial charge in [0.1, 0.15) is 11.4 Å². The zero-order chi connectivity index (χ0) is 21.9. The Bertz CT molecular complexity index is 1050. The van der Waals surface area contributed by atoms with E-state index in [0.717, 1.165) is 0 Å². The molecular weight excluding hydrogens is 403 g/mol. The Morgan fingerprint density at radius 2 is 2.13 bits per heavy atom. The van der Waals surface area contributed by atoms with Crippen molar-refractivity contribution in [3.63, 3.8) is 0 Å². The van der Waals surface area contributed by atoms with E-state index in [1.807, 2.05) is 0 Å².